The number of likely N-dealkylation sites (tertiary alicyclic amines) is 1. The number of piperidine rings is 1. The number of rotatable bonds is 4. The highest BCUT2D eigenvalue weighted by Crippen LogP contribution is 2.26. The minimum absolute atomic E-state index is 0.201. The first-order valence-electron chi connectivity index (χ1n) is 9.06. The van der Waals surface area contributed by atoms with Crippen molar-refractivity contribution in [2.24, 2.45) is 0 Å². The molecule has 5 nitrogen and oxygen atoms in total. The largest absolute Gasteiger partial charge is 0.342 e. The van der Waals surface area contributed by atoms with Crippen molar-refractivity contribution in [3.8, 4) is 5.82 Å². The lowest BCUT2D eigenvalue weighted by molar-refractivity contribution is -0.131. The van der Waals surface area contributed by atoms with Crippen LogP contribution in [0.5, 0.6) is 0 Å². The fraction of sp³-hybridized carbons (Fsp3) is 0.286. The number of aromatic nitrogens is 3. The van der Waals surface area contributed by atoms with E-state index in [1.54, 1.807) is 12.5 Å². The highest BCUT2D eigenvalue weighted by atomic mass is 16.2. The summed E-state index contributed by atoms with van der Waals surface area (Å²) >= 11 is 0. The molecule has 26 heavy (non-hydrogen) atoms. The molecule has 1 aromatic carbocycles. The molecule has 3 aromatic rings. The van der Waals surface area contributed by atoms with Crippen LogP contribution in [0.4, 0.5) is 0 Å². The van der Waals surface area contributed by atoms with Crippen LogP contribution in [0.2, 0.25) is 0 Å². The first kappa shape index (κ1) is 16.5. The van der Waals surface area contributed by atoms with Gasteiger partial charge in [-0.3, -0.25) is 9.36 Å². The minimum atomic E-state index is 0.201. The van der Waals surface area contributed by atoms with Gasteiger partial charge in [0.25, 0.3) is 0 Å². The highest BCUT2D eigenvalue weighted by Gasteiger charge is 2.25. The maximum Gasteiger partial charge on any atom is 0.227 e. The third-order valence-electron chi connectivity index (χ3n) is 4.92. The molecule has 0 saturated carbocycles. The van der Waals surface area contributed by atoms with Crippen LogP contribution < -0.4 is 0 Å². The quantitative estimate of drug-likeness (QED) is 0.729. The van der Waals surface area contributed by atoms with E-state index in [0.717, 1.165) is 43.0 Å². The molecule has 132 valence electrons. The van der Waals surface area contributed by atoms with Gasteiger partial charge in [0.05, 0.1) is 6.42 Å². The van der Waals surface area contributed by atoms with Crippen LogP contribution in [0, 0.1) is 0 Å². The monoisotopic (exact) mass is 346 g/mol. The van der Waals surface area contributed by atoms with Crippen LogP contribution >= 0.6 is 0 Å². The van der Waals surface area contributed by atoms with Crippen molar-refractivity contribution in [1.82, 2.24) is 19.4 Å². The standard InChI is InChI=1S/C21H22N4O/c26-21(14-17-6-2-1-3-7-17)24-12-5-8-18(15-24)19-9-4-10-20(23-19)25-13-11-22-16-25/h1-4,6-7,9-11,13,16,18H,5,8,12,14-15H2/t18-/m1/s1. The lowest BCUT2D eigenvalue weighted by Crippen LogP contribution is -2.40. The normalized spacial score (nSPS) is 17.2. The average Bonchev–Trinajstić information content (AvgIpc) is 3.24. The van der Waals surface area contributed by atoms with E-state index < -0.39 is 0 Å². The van der Waals surface area contributed by atoms with E-state index in [0.29, 0.717) is 6.42 Å². The second kappa shape index (κ2) is 7.52. The number of amides is 1. The summed E-state index contributed by atoms with van der Waals surface area (Å²) in [5, 5.41) is 0. The molecule has 1 aliphatic heterocycles. The number of nitrogens with zero attached hydrogens (tertiary/aromatic N) is 4. The van der Waals surface area contributed by atoms with Crippen LogP contribution in [0.1, 0.15) is 30.0 Å². The fourth-order valence-electron chi connectivity index (χ4n) is 3.53. The van der Waals surface area contributed by atoms with E-state index in [9.17, 15) is 4.79 Å². The summed E-state index contributed by atoms with van der Waals surface area (Å²) in [6, 6.07) is 16.0. The Kier molecular flexibility index (Phi) is 4.78. The zero-order chi connectivity index (χ0) is 17.8. The summed E-state index contributed by atoms with van der Waals surface area (Å²) < 4.78 is 1.91. The molecule has 0 unspecified atom stereocenters. The third kappa shape index (κ3) is 3.67. The van der Waals surface area contributed by atoms with Gasteiger partial charge < -0.3 is 4.90 Å². The van der Waals surface area contributed by atoms with Crippen molar-refractivity contribution in [3.63, 3.8) is 0 Å². The third-order valence-corrected chi connectivity index (χ3v) is 4.92. The molecule has 2 aromatic heterocycles. The summed E-state index contributed by atoms with van der Waals surface area (Å²) in [7, 11) is 0. The van der Waals surface area contributed by atoms with Crippen molar-refractivity contribution >= 4 is 5.91 Å². The van der Waals surface area contributed by atoms with Crippen LogP contribution in [0.25, 0.3) is 5.82 Å². The van der Waals surface area contributed by atoms with E-state index in [4.69, 9.17) is 4.98 Å². The Bertz CT molecular complexity index is 861. The minimum Gasteiger partial charge on any atom is -0.342 e. The molecule has 1 atom stereocenters. The van der Waals surface area contributed by atoms with Crippen LogP contribution in [-0.4, -0.2) is 38.4 Å². The molecule has 1 fully saturated rings. The van der Waals surface area contributed by atoms with Gasteiger partial charge in [0, 0.05) is 37.1 Å². The van der Waals surface area contributed by atoms with E-state index in [2.05, 4.69) is 11.1 Å². The van der Waals surface area contributed by atoms with Gasteiger partial charge in [-0.1, -0.05) is 36.4 Å². The molecular weight excluding hydrogens is 324 g/mol. The molecule has 0 bridgehead atoms. The predicted octanol–water partition coefficient (Wildman–Crippen LogP) is 3.22. The molecule has 4 rings (SSSR count). The summed E-state index contributed by atoms with van der Waals surface area (Å²) in [4.78, 5) is 23.6. The lowest BCUT2D eigenvalue weighted by Gasteiger charge is -2.32. The van der Waals surface area contributed by atoms with Gasteiger partial charge in [0.15, 0.2) is 0 Å². The first-order valence-corrected chi connectivity index (χ1v) is 9.06. The number of pyridine rings is 1. The zero-order valence-electron chi connectivity index (χ0n) is 14.7. The molecule has 0 aliphatic carbocycles. The second-order valence-electron chi connectivity index (χ2n) is 6.73. The molecule has 0 spiro atoms. The van der Waals surface area contributed by atoms with E-state index in [-0.39, 0.29) is 11.8 Å². The number of hydrogen-bond acceptors (Lipinski definition) is 3. The molecule has 5 heteroatoms. The van der Waals surface area contributed by atoms with Gasteiger partial charge in [0.1, 0.15) is 12.1 Å². The summed E-state index contributed by atoms with van der Waals surface area (Å²) in [5.41, 5.74) is 2.12. The van der Waals surface area contributed by atoms with E-state index in [1.807, 2.05) is 58.1 Å². The Labute approximate surface area is 153 Å². The molecule has 0 radical (unpaired) electrons. The van der Waals surface area contributed by atoms with Gasteiger partial charge in [-0.05, 0) is 30.5 Å². The van der Waals surface area contributed by atoms with Crippen LogP contribution in [0.15, 0.2) is 67.3 Å². The number of carbonyl (C=O) groups excluding carboxylic acids is 1. The predicted molar refractivity (Wildman–Crippen MR) is 100 cm³/mol. The lowest BCUT2D eigenvalue weighted by atomic mass is 9.94. The topological polar surface area (TPSA) is 51.0 Å². The Hall–Kier alpha value is -2.95. The fourth-order valence-corrected chi connectivity index (χ4v) is 3.53. The smallest absolute Gasteiger partial charge is 0.227 e. The number of carbonyl (C=O) groups is 1. The second-order valence-corrected chi connectivity index (χ2v) is 6.73. The van der Waals surface area contributed by atoms with Gasteiger partial charge in [0.2, 0.25) is 5.91 Å². The molecule has 1 saturated heterocycles. The van der Waals surface area contributed by atoms with Gasteiger partial charge in [-0.25, -0.2) is 9.97 Å². The van der Waals surface area contributed by atoms with E-state index >= 15 is 0 Å². The maximum atomic E-state index is 12.7. The number of imidazole rings is 1. The van der Waals surface area contributed by atoms with Crippen molar-refractivity contribution in [1.29, 1.82) is 0 Å². The molecule has 0 N–H and O–H groups in total. The Morgan fingerprint density at radius 1 is 1.12 bits per heavy atom. The first-order chi connectivity index (χ1) is 12.8. The zero-order valence-corrected chi connectivity index (χ0v) is 14.7. The summed E-state index contributed by atoms with van der Waals surface area (Å²) in [6.45, 7) is 1.58. The van der Waals surface area contributed by atoms with Crippen molar-refractivity contribution in [2.45, 2.75) is 25.2 Å². The molecular formula is C21H22N4O. The van der Waals surface area contributed by atoms with Crippen molar-refractivity contribution < 1.29 is 4.79 Å². The number of hydrogen-bond donors (Lipinski definition) is 0. The summed E-state index contributed by atoms with van der Waals surface area (Å²) in [5.74, 6) is 1.35. The maximum absolute atomic E-state index is 12.7. The molecule has 3 heterocycles. The molecule has 1 aliphatic rings. The number of benzene rings is 1. The van der Waals surface area contributed by atoms with Crippen LogP contribution in [-0.2, 0) is 11.2 Å². The van der Waals surface area contributed by atoms with Gasteiger partial charge in [-0.2, -0.15) is 0 Å². The van der Waals surface area contributed by atoms with E-state index in [1.165, 1.54) is 0 Å². The Morgan fingerprint density at radius 3 is 2.81 bits per heavy atom. The van der Waals surface area contributed by atoms with Gasteiger partial charge >= 0.3 is 0 Å². The Morgan fingerprint density at radius 2 is 2.00 bits per heavy atom. The average molecular weight is 346 g/mol. The van der Waals surface area contributed by atoms with Crippen LogP contribution in [0.3, 0.4) is 0 Å². The van der Waals surface area contributed by atoms with Crippen molar-refractivity contribution in [3.05, 3.63) is 78.5 Å². The SMILES string of the molecule is O=C(Cc1ccccc1)N1CCC[C@@H](c2cccc(-n3ccnc3)n2)C1. The molecule has 1 amide bonds. The summed E-state index contributed by atoms with van der Waals surface area (Å²) in [6.07, 6.45) is 7.94. The van der Waals surface area contributed by atoms with Crippen molar-refractivity contribution in [2.75, 3.05) is 13.1 Å². The van der Waals surface area contributed by atoms with Gasteiger partial charge in [-0.15, -0.1) is 0 Å². The Balaban J connectivity index is 1.47. The highest BCUT2D eigenvalue weighted by molar-refractivity contribution is 5.79.